The highest BCUT2D eigenvalue weighted by molar-refractivity contribution is 5.81. The molecule has 1 saturated heterocycles. The van der Waals surface area contributed by atoms with Crippen LogP contribution in [0.2, 0.25) is 0 Å². The predicted octanol–water partition coefficient (Wildman–Crippen LogP) is 1.39. The van der Waals surface area contributed by atoms with Gasteiger partial charge in [-0.15, -0.1) is 0 Å². The lowest BCUT2D eigenvalue weighted by Crippen LogP contribution is -2.32. The maximum absolute atomic E-state index is 12.1. The third kappa shape index (κ3) is 3.74. The number of aryl methyl sites for hydroxylation is 1. The zero-order chi connectivity index (χ0) is 15.4. The van der Waals surface area contributed by atoms with Crippen molar-refractivity contribution in [1.29, 1.82) is 0 Å². The minimum Gasteiger partial charge on any atom is -0.496 e. The molecule has 1 unspecified atom stereocenters. The topological polar surface area (TPSA) is 44.8 Å². The highest BCUT2D eigenvalue weighted by Gasteiger charge is 2.31. The monoisotopic (exact) mass is 291 g/mol. The molecule has 0 radical (unpaired) electrons. The van der Waals surface area contributed by atoms with E-state index in [1.807, 2.05) is 38.1 Å². The molecule has 5 heteroatoms. The Hall–Kier alpha value is -1.59. The van der Waals surface area contributed by atoms with Gasteiger partial charge in [-0.3, -0.25) is 10.1 Å². The number of amides is 1. The van der Waals surface area contributed by atoms with Crippen molar-refractivity contribution >= 4 is 5.91 Å². The highest BCUT2D eigenvalue weighted by atomic mass is 16.5. The van der Waals surface area contributed by atoms with E-state index in [1.165, 1.54) is 0 Å². The van der Waals surface area contributed by atoms with Crippen molar-refractivity contribution in [3.8, 4) is 5.75 Å². The van der Waals surface area contributed by atoms with Crippen LogP contribution in [-0.4, -0.2) is 56.5 Å². The Bertz CT molecular complexity index is 502. The van der Waals surface area contributed by atoms with E-state index < -0.39 is 0 Å². The summed E-state index contributed by atoms with van der Waals surface area (Å²) in [6, 6.07) is 6.09. The largest absolute Gasteiger partial charge is 0.496 e. The van der Waals surface area contributed by atoms with Crippen LogP contribution in [-0.2, 0) is 4.79 Å². The molecule has 1 amide bonds. The molecular formula is C16H25N3O2. The minimum absolute atomic E-state index is 0.0238. The van der Waals surface area contributed by atoms with Crippen molar-refractivity contribution in [3.63, 3.8) is 0 Å². The predicted molar refractivity (Wildman–Crippen MR) is 83.4 cm³/mol. The molecule has 1 N–H and O–H groups in total. The molecule has 0 spiro atoms. The molecule has 1 aromatic rings. The molecule has 116 valence electrons. The number of hydrogen-bond acceptors (Lipinski definition) is 4. The van der Waals surface area contributed by atoms with Gasteiger partial charge in [-0.25, -0.2) is 0 Å². The summed E-state index contributed by atoms with van der Waals surface area (Å²) in [6.45, 7) is 4.20. The van der Waals surface area contributed by atoms with Crippen molar-refractivity contribution in [1.82, 2.24) is 15.1 Å². The molecule has 0 aromatic heterocycles. The van der Waals surface area contributed by atoms with Crippen LogP contribution in [0.1, 0.15) is 23.7 Å². The summed E-state index contributed by atoms with van der Waals surface area (Å²) >= 11 is 0. The van der Waals surface area contributed by atoms with Crippen LogP contribution in [0.3, 0.4) is 0 Å². The zero-order valence-electron chi connectivity index (χ0n) is 13.3. The summed E-state index contributed by atoms with van der Waals surface area (Å²) in [5.74, 6) is 1.05. The average Bonchev–Trinajstić information content (AvgIpc) is 2.80. The smallest absolute Gasteiger partial charge is 0.238 e. The second kappa shape index (κ2) is 6.91. The third-order valence-corrected chi connectivity index (χ3v) is 3.82. The summed E-state index contributed by atoms with van der Waals surface area (Å²) < 4.78 is 5.30. The highest BCUT2D eigenvalue weighted by Crippen LogP contribution is 2.27. The summed E-state index contributed by atoms with van der Waals surface area (Å²) in [6.07, 6.45) is 0.954. The Morgan fingerprint density at radius 3 is 2.81 bits per heavy atom. The van der Waals surface area contributed by atoms with Gasteiger partial charge < -0.3 is 14.5 Å². The molecule has 21 heavy (non-hydrogen) atoms. The fraction of sp³-hybridized carbons (Fsp3) is 0.562. The maximum atomic E-state index is 12.1. The van der Waals surface area contributed by atoms with Crippen LogP contribution in [0.5, 0.6) is 5.75 Å². The van der Waals surface area contributed by atoms with Gasteiger partial charge in [-0.1, -0.05) is 6.07 Å². The SMILES string of the molecule is COc1ccc(C2NCC(=O)N2CCCN(C)C)cc1C. The van der Waals surface area contributed by atoms with E-state index in [2.05, 4.69) is 16.3 Å². The molecule has 0 bridgehead atoms. The van der Waals surface area contributed by atoms with E-state index in [9.17, 15) is 4.79 Å². The first-order valence-corrected chi connectivity index (χ1v) is 7.35. The van der Waals surface area contributed by atoms with Crippen LogP contribution in [0, 0.1) is 6.92 Å². The van der Waals surface area contributed by atoms with Crippen LogP contribution < -0.4 is 10.1 Å². The Morgan fingerprint density at radius 2 is 2.19 bits per heavy atom. The Labute approximate surface area is 126 Å². The molecule has 1 fully saturated rings. The number of ether oxygens (including phenoxy) is 1. The minimum atomic E-state index is -0.0238. The zero-order valence-corrected chi connectivity index (χ0v) is 13.3. The van der Waals surface area contributed by atoms with Crippen molar-refractivity contribution in [2.45, 2.75) is 19.5 Å². The first-order valence-electron chi connectivity index (χ1n) is 7.35. The lowest BCUT2D eigenvalue weighted by atomic mass is 10.1. The number of methoxy groups -OCH3 is 1. The van der Waals surface area contributed by atoms with Gasteiger partial charge in [-0.2, -0.15) is 0 Å². The van der Waals surface area contributed by atoms with E-state index in [-0.39, 0.29) is 12.1 Å². The number of carbonyl (C=O) groups is 1. The maximum Gasteiger partial charge on any atom is 0.238 e. The van der Waals surface area contributed by atoms with Gasteiger partial charge in [0.05, 0.1) is 13.7 Å². The van der Waals surface area contributed by atoms with Crippen LogP contribution >= 0.6 is 0 Å². The molecule has 1 atom stereocenters. The summed E-state index contributed by atoms with van der Waals surface area (Å²) in [7, 11) is 5.77. The van der Waals surface area contributed by atoms with E-state index >= 15 is 0 Å². The summed E-state index contributed by atoms with van der Waals surface area (Å²) in [5.41, 5.74) is 2.20. The van der Waals surface area contributed by atoms with Gasteiger partial charge in [0.25, 0.3) is 0 Å². The number of nitrogens with zero attached hydrogens (tertiary/aromatic N) is 2. The summed E-state index contributed by atoms with van der Waals surface area (Å²) in [4.78, 5) is 16.1. The normalized spacial score (nSPS) is 18.6. The number of hydrogen-bond donors (Lipinski definition) is 1. The van der Waals surface area contributed by atoms with E-state index in [0.29, 0.717) is 6.54 Å². The molecule has 0 saturated carbocycles. The fourth-order valence-corrected chi connectivity index (χ4v) is 2.72. The van der Waals surface area contributed by atoms with Gasteiger partial charge in [-0.05, 0) is 57.2 Å². The Balaban J connectivity index is 2.09. The van der Waals surface area contributed by atoms with Crippen molar-refractivity contribution in [2.24, 2.45) is 0 Å². The van der Waals surface area contributed by atoms with Crippen molar-refractivity contribution in [2.75, 3.05) is 40.8 Å². The van der Waals surface area contributed by atoms with Crippen molar-refractivity contribution in [3.05, 3.63) is 29.3 Å². The van der Waals surface area contributed by atoms with Gasteiger partial charge in [0.15, 0.2) is 0 Å². The molecular weight excluding hydrogens is 266 g/mol. The van der Waals surface area contributed by atoms with Gasteiger partial charge in [0, 0.05) is 6.54 Å². The lowest BCUT2D eigenvalue weighted by Gasteiger charge is -2.25. The average molecular weight is 291 g/mol. The Morgan fingerprint density at radius 1 is 1.43 bits per heavy atom. The number of rotatable bonds is 6. The van der Waals surface area contributed by atoms with Crippen molar-refractivity contribution < 1.29 is 9.53 Å². The quantitative estimate of drug-likeness (QED) is 0.860. The third-order valence-electron chi connectivity index (χ3n) is 3.82. The van der Waals surface area contributed by atoms with Crippen LogP contribution in [0.15, 0.2) is 18.2 Å². The fourth-order valence-electron chi connectivity index (χ4n) is 2.72. The molecule has 1 aliphatic rings. The second-order valence-corrected chi connectivity index (χ2v) is 5.76. The first-order chi connectivity index (χ1) is 10.0. The molecule has 5 nitrogen and oxygen atoms in total. The van der Waals surface area contributed by atoms with Gasteiger partial charge in [0.2, 0.25) is 5.91 Å². The number of carbonyl (C=O) groups excluding carboxylic acids is 1. The van der Waals surface area contributed by atoms with E-state index in [4.69, 9.17) is 4.74 Å². The molecule has 1 aromatic carbocycles. The lowest BCUT2D eigenvalue weighted by molar-refractivity contribution is -0.128. The standard InChI is InChI=1S/C16H25N3O2/c1-12-10-13(6-7-14(12)21-4)16-17-11-15(20)19(16)9-5-8-18(2)3/h6-7,10,16-17H,5,8-9,11H2,1-4H3. The van der Waals surface area contributed by atoms with Crippen LogP contribution in [0.4, 0.5) is 0 Å². The molecule has 1 heterocycles. The van der Waals surface area contributed by atoms with E-state index in [0.717, 1.165) is 36.4 Å². The Kier molecular flexibility index (Phi) is 5.20. The van der Waals surface area contributed by atoms with Gasteiger partial charge in [0.1, 0.15) is 11.9 Å². The summed E-state index contributed by atoms with van der Waals surface area (Å²) in [5, 5.41) is 3.30. The molecule has 2 rings (SSSR count). The molecule has 0 aliphatic carbocycles. The molecule has 1 aliphatic heterocycles. The second-order valence-electron chi connectivity index (χ2n) is 5.76. The van der Waals surface area contributed by atoms with Gasteiger partial charge >= 0.3 is 0 Å². The van der Waals surface area contributed by atoms with E-state index in [1.54, 1.807) is 7.11 Å². The number of benzene rings is 1. The van der Waals surface area contributed by atoms with Crippen LogP contribution in [0.25, 0.3) is 0 Å². The first kappa shape index (κ1) is 15.8. The number of nitrogens with one attached hydrogen (secondary N) is 1.